The number of hydrogen-bond acceptors (Lipinski definition) is 5. The third-order valence-corrected chi connectivity index (χ3v) is 4.61. The first-order valence-corrected chi connectivity index (χ1v) is 10.6. The standard InChI is InChI=1S/C21H40O5.Na/c1-3-4-5-12-15-19(23)16-13-10-8-6-7-9-11-14-17-20(24)26-21(25)18(2)22;/h18-19,22-23H,3-17H2,1-2H3;. The maximum absolute atomic E-state index is 11.3. The van der Waals surface area contributed by atoms with E-state index in [9.17, 15) is 14.7 Å². The molecule has 155 valence electrons. The number of carbonyl (C=O) groups is 2. The number of aliphatic hydroxyl groups excluding tert-OH is 2. The molecule has 6 heteroatoms. The summed E-state index contributed by atoms with van der Waals surface area (Å²) in [7, 11) is 0. The molecule has 0 amide bonds. The SMILES string of the molecule is CCCCCCC(O)CCCCCCCCCCC(=O)OC(=O)C(C)O.[Na]. The predicted molar refractivity (Wildman–Crippen MR) is 109 cm³/mol. The van der Waals surface area contributed by atoms with E-state index < -0.39 is 18.0 Å². The second-order valence-corrected chi connectivity index (χ2v) is 7.34. The Bertz CT molecular complexity index is 360. The molecule has 0 rings (SSSR count). The zero-order valence-electron chi connectivity index (χ0n) is 17.9. The summed E-state index contributed by atoms with van der Waals surface area (Å²) < 4.78 is 4.49. The van der Waals surface area contributed by atoms with E-state index >= 15 is 0 Å². The van der Waals surface area contributed by atoms with Crippen molar-refractivity contribution in [3.05, 3.63) is 0 Å². The van der Waals surface area contributed by atoms with E-state index in [-0.39, 0.29) is 42.1 Å². The van der Waals surface area contributed by atoms with Crippen LogP contribution in [0.4, 0.5) is 0 Å². The molecule has 0 aromatic heterocycles. The van der Waals surface area contributed by atoms with Crippen LogP contribution in [0.2, 0.25) is 0 Å². The summed E-state index contributed by atoms with van der Waals surface area (Å²) in [6.07, 6.45) is 14.2. The molecule has 2 N–H and O–H groups in total. The Hall–Kier alpha value is 0.0600. The van der Waals surface area contributed by atoms with Crippen molar-refractivity contribution in [3.8, 4) is 0 Å². The molecule has 0 heterocycles. The van der Waals surface area contributed by atoms with Crippen molar-refractivity contribution in [3.63, 3.8) is 0 Å². The van der Waals surface area contributed by atoms with Gasteiger partial charge < -0.3 is 14.9 Å². The Morgan fingerprint density at radius 2 is 1.22 bits per heavy atom. The van der Waals surface area contributed by atoms with Gasteiger partial charge >= 0.3 is 11.9 Å². The van der Waals surface area contributed by atoms with E-state index in [0.29, 0.717) is 0 Å². The molecular weight excluding hydrogens is 355 g/mol. The first-order valence-electron chi connectivity index (χ1n) is 10.6. The molecule has 0 saturated carbocycles. The number of carbonyl (C=O) groups excluding carboxylic acids is 2. The molecule has 0 aliphatic rings. The Balaban J connectivity index is 0. The number of ether oxygens (including phenoxy) is 1. The fourth-order valence-electron chi connectivity index (χ4n) is 2.91. The molecule has 0 saturated heterocycles. The van der Waals surface area contributed by atoms with E-state index in [0.717, 1.165) is 51.4 Å². The van der Waals surface area contributed by atoms with Crippen molar-refractivity contribution in [1.29, 1.82) is 0 Å². The fourth-order valence-corrected chi connectivity index (χ4v) is 2.91. The molecule has 0 spiro atoms. The Labute approximate surface area is 187 Å². The molecule has 0 aromatic carbocycles. The average Bonchev–Trinajstić information content (AvgIpc) is 2.60. The first-order chi connectivity index (χ1) is 12.5. The molecule has 2 unspecified atom stereocenters. The largest absolute Gasteiger partial charge is 0.393 e. The minimum absolute atomic E-state index is 0. The molecule has 1 radical (unpaired) electrons. The fraction of sp³-hybridized carbons (Fsp3) is 0.905. The Kier molecular flexibility index (Phi) is 22.5. The van der Waals surface area contributed by atoms with E-state index in [1.165, 1.54) is 45.4 Å². The topological polar surface area (TPSA) is 83.8 Å². The van der Waals surface area contributed by atoms with Gasteiger partial charge in [0.2, 0.25) is 0 Å². The second kappa shape index (κ2) is 20.8. The maximum Gasteiger partial charge on any atom is 0.342 e. The van der Waals surface area contributed by atoms with E-state index in [1.54, 1.807) is 0 Å². The number of rotatable bonds is 17. The van der Waals surface area contributed by atoms with E-state index in [4.69, 9.17) is 5.11 Å². The van der Waals surface area contributed by atoms with Gasteiger partial charge in [0.05, 0.1) is 6.10 Å². The molecule has 5 nitrogen and oxygen atoms in total. The van der Waals surface area contributed by atoms with Gasteiger partial charge in [-0.15, -0.1) is 0 Å². The van der Waals surface area contributed by atoms with Gasteiger partial charge in [0.25, 0.3) is 0 Å². The van der Waals surface area contributed by atoms with Crippen molar-refractivity contribution in [2.75, 3.05) is 0 Å². The minimum Gasteiger partial charge on any atom is -0.393 e. The molecular formula is C21H40NaO5. The van der Waals surface area contributed by atoms with Crippen molar-refractivity contribution >= 4 is 41.5 Å². The number of aliphatic hydroxyl groups is 2. The van der Waals surface area contributed by atoms with Crippen molar-refractivity contribution in [2.45, 2.75) is 122 Å². The Morgan fingerprint density at radius 3 is 1.70 bits per heavy atom. The van der Waals surface area contributed by atoms with Crippen LogP contribution in [0.15, 0.2) is 0 Å². The molecule has 0 fully saturated rings. The van der Waals surface area contributed by atoms with Gasteiger partial charge in [-0.05, 0) is 26.2 Å². The molecule has 2 atom stereocenters. The minimum atomic E-state index is -1.25. The molecule has 0 aliphatic heterocycles. The summed E-state index contributed by atoms with van der Waals surface area (Å²) in [5.41, 5.74) is 0. The van der Waals surface area contributed by atoms with E-state index in [1.807, 2.05) is 0 Å². The zero-order chi connectivity index (χ0) is 19.6. The summed E-state index contributed by atoms with van der Waals surface area (Å²) in [5, 5.41) is 18.9. The van der Waals surface area contributed by atoms with Gasteiger partial charge in [0.1, 0.15) is 6.10 Å². The molecule has 0 aliphatic carbocycles. The number of hydrogen-bond donors (Lipinski definition) is 2. The molecule has 0 bridgehead atoms. The van der Waals surface area contributed by atoms with Crippen molar-refractivity contribution < 1.29 is 24.5 Å². The zero-order valence-corrected chi connectivity index (χ0v) is 19.9. The average molecular weight is 396 g/mol. The van der Waals surface area contributed by atoms with Gasteiger partial charge in [-0.3, -0.25) is 4.79 Å². The van der Waals surface area contributed by atoms with Crippen LogP contribution in [-0.4, -0.2) is 63.9 Å². The van der Waals surface area contributed by atoms with Crippen LogP contribution in [0.1, 0.15) is 110 Å². The van der Waals surface area contributed by atoms with Crippen LogP contribution in [0.3, 0.4) is 0 Å². The van der Waals surface area contributed by atoms with Gasteiger partial charge in [-0.2, -0.15) is 0 Å². The number of unbranched alkanes of at least 4 members (excludes halogenated alkanes) is 10. The van der Waals surface area contributed by atoms with Gasteiger partial charge in [-0.25, -0.2) is 4.79 Å². The first kappa shape index (κ1) is 29.3. The maximum atomic E-state index is 11.3. The van der Waals surface area contributed by atoms with Crippen LogP contribution < -0.4 is 0 Å². The summed E-state index contributed by atoms with van der Waals surface area (Å²) in [6, 6.07) is 0. The third kappa shape index (κ3) is 20.6. The molecule has 0 aromatic rings. The van der Waals surface area contributed by atoms with Crippen molar-refractivity contribution in [1.82, 2.24) is 0 Å². The quantitative estimate of drug-likeness (QED) is 0.166. The summed E-state index contributed by atoms with van der Waals surface area (Å²) in [6.45, 7) is 3.48. The van der Waals surface area contributed by atoms with E-state index in [2.05, 4.69) is 11.7 Å². The summed E-state index contributed by atoms with van der Waals surface area (Å²) >= 11 is 0. The molecule has 27 heavy (non-hydrogen) atoms. The normalized spacial score (nSPS) is 12.9. The van der Waals surface area contributed by atoms with Gasteiger partial charge in [0, 0.05) is 36.0 Å². The van der Waals surface area contributed by atoms with Crippen LogP contribution in [0.25, 0.3) is 0 Å². The van der Waals surface area contributed by atoms with Crippen LogP contribution in [0.5, 0.6) is 0 Å². The second-order valence-electron chi connectivity index (χ2n) is 7.34. The predicted octanol–water partition coefficient (Wildman–Crippen LogP) is 4.29. The monoisotopic (exact) mass is 395 g/mol. The van der Waals surface area contributed by atoms with Gasteiger partial charge in [0.15, 0.2) is 0 Å². The summed E-state index contributed by atoms with van der Waals surface area (Å²) in [4.78, 5) is 22.4. The van der Waals surface area contributed by atoms with Crippen LogP contribution in [0, 0.1) is 0 Å². The Morgan fingerprint density at radius 1 is 0.778 bits per heavy atom. The smallest absolute Gasteiger partial charge is 0.342 e. The van der Waals surface area contributed by atoms with Gasteiger partial charge in [-0.1, -0.05) is 77.6 Å². The van der Waals surface area contributed by atoms with Crippen molar-refractivity contribution in [2.24, 2.45) is 0 Å². The van der Waals surface area contributed by atoms with Crippen LogP contribution in [-0.2, 0) is 14.3 Å². The van der Waals surface area contributed by atoms with Crippen LogP contribution >= 0.6 is 0 Å². The summed E-state index contributed by atoms with van der Waals surface area (Å²) in [5.74, 6) is -1.43. The third-order valence-electron chi connectivity index (χ3n) is 4.61. The number of esters is 2.